The Balaban J connectivity index is 1.23. The molecule has 0 aromatic heterocycles. The van der Waals surface area contributed by atoms with Crippen molar-refractivity contribution in [1.82, 2.24) is 15.5 Å². The van der Waals surface area contributed by atoms with Gasteiger partial charge in [-0.2, -0.15) is 0 Å². The number of amides is 2. The largest absolute Gasteiger partial charge is 0.379 e. The first-order valence-electron chi connectivity index (χ1n) is 15.0. The first kappa shape index (κ1) is 28.3. The highest BCUT2D eigenvalue weighted by molar-refractivity contribution is 5.83. The van der Waals surface area contributed by atoms with Gasteiger partial charge in [0.2, 0.25) is 11.8 Å². The molecule has 5 fully saturated rings. The van der Waals surface area contributed by atoms with Gasteiger partial charge in [0.1, 0.15) is 6.10 Å². The summed E-state index contributed by atoms with van der Waals surface area (Å²) in [6.45, 7) is 8.12. The molecule has 5 aliphatic rings. The van der Waals surface area contributed by atoms with E-state index in [1.807, 2.05) is 20.8 Å². The monoisotopic (exact) mass is 535 g/mol. The Hall–Kier alpha value is -1.26. The second-order valence-corrected chi connectivity index (χ2v) is 12.4. The molecule has 3 aliphatic heterocycles. The van der Waals surface area contributed by atoms with E-state index in [-0.39, 0.29) is 54.2 Å². The molecule has 38 heavy (non-hydrogen) atoms. The van der Waals surface area contributed by atoms with Gasteiger partial charge in [-0.1, -0.05) is 0 Å². The number of rotatable bonds is 10. The maximum Gasteiger partial charge on any atom is 0.248 e. The predicted octanol–water partition coefficient (Wildman–Crippen LogP) is 2.12. The summed E-state index contributed by atoms with van der Waals surface area (Å²) in [5, 5.41) is 6.83. The molecule has 0 spiro atoms. The van der Waals surface area contributed by atoms with Crippen molar-refractivity contribution in [1.29, 1.82) is 0 Å². The number of carbonyl (C=O) groups excluding carboxylic acids is 2. The second-order valence-electron chi connectivity index (χ2n) is 12.4. The Labute approximate surface area is 228 Å². The number of hydrogen-bond donors (Lipinski definition) is 2. The Kier molecular flexibility index (Phi) is 8.99. The number of ether oxygens (including phenoxy) is 4. The van der Waals surface area contributed by atoms with Crippen molar-refractivity contribution >= 4 is 11.8 Å². The minimum Gasteiger partial charge on any atom is -0.379 e. The van der Waals surface area contributed by atoms with Crippen molar-refractivity contribution in [3.63, 3.8) is 0 Å². The van der Waals surface area contributed by atoms with Crippen molar-refractivity contribution in [2.45, 2.75) is 114 Å². The van der Waals surface area contributed by atoms with Crippen molar-refractivity contribution < 1.29 is 28.5 Å². The standard InChI is InChI=1S/C29H49N3O6/c1-16(2)37-14-6-12-31-28(33)17(3)38-18-7-9-22-21(15-18)19-11-13-30-25-20-8-10-23(35-4)27(36-5)24(20)29(34)32(22)26(19)25/h16-27,30H,6-15H2,1-5H3,(H,31,33). The molecular weight excluding hydrogens is 486 g/mol. The number of hydrogen-bond acceptors (Lipinski definition) is 7. The average Bonchev–Trinajstić information content (AvgIpc) is 3.25. The molecule has 0 aromatic rings. The lowest BCUT2D eigenvalue weighted by Gasteiger charge is -2.55. The summed E-state index contributed by atoms with van der Waals surface area (Å²) in [5.74, 6) is 1.29. The van der Waals surface area contributed by atoms with Crippen LogP contribution in [0.25, 0.3) is 0 Å². The van der Waals surface area contributed by atoms with Gasteiger partial charge in [-0.15, -0.1) is 0 Å². The Morgan fingerprint density at radius 3 is 2.61 bits per heavy atom. The molecule has 2 N–H and O–H groups in total. The Morgan fingerprint density at radius 1 is 1.05 bits per heavy atom. The lowest BCUT2D eigenvalue weighted by Crippen LogP contribution is -2.70. The van der Waals surface area contributed by atoms with Gasteiger partial charge in [0, 0.05) is 39.5 Å². The third-order valence-corrected chi connectivity index (χ3v) is 10.1. The van der Waals surface area contributed by atoms with E-state index in [2.05, 4.69) is 15.5 Å². The van der Waals surface area contributed by atoms with Crippen molar-refractivity contribution in [2.75, 3.05) is 33.9 Å². The highest BCUT2D eigenvalue weighted by Gasteiger charge is 2.64. The maximum atomic E-state index is 14.2. The van der Waals surface area contributed by atoms with Crippen molar-refractivity contribution in [2.24, 2.45) is 23.7 Å². The first-order valence-corrected chi connectivity index (χ1v) is 15.0. The molecule has 5 rings (SSSR count). The molecule has 3 heterocycles. The molecule has 9 nitrogen and oxygen atoms in total. The van der Waals surface area contributed by atoms with Crippen LogP contribution in [0.1, 0.15) is 65.7 Å². The average molecular weight is 536 g/mol. The van der Waals surface area contributed by atoms with E-state index in [4.69, 9.17) is 18.9 Å². The minimum absolute atomic E-state index is 0.0287. The Bertz CT molecular complexity index is 841. The lowest BCUT2D eigenvalue weighted by molar-refractivity contribution is -0.175. The summed E-state index contributed by atoms with van der Waals surface area (Å²) < 4.78 is 23.6. The van der Waals surface area contributed by atoms with E-state index < -0.39 is 6.10 Å². The van der Waals surface area contributed by atoms with Crippen LogP contribution in [0, 0.1) is 23.7 Å². The zero-order chi connectivity index (χ0) is 27.0. The molecule has 0 aromatic carbocycles. The minimum atomic E-state index is -0.481. The fourth-order valence-electron chi connectivity index (χ4n) is 8.56. The molecular formula is C29H49N3O6. The van der Waals surface area contributed by atoms with Gasteiger partial charge < -0.3 is 34.5 Å². The highest BCUT2D eigenvalue weighted by atomic mass is 16.5. The molecule has 216 valence electrons. The topological polar surface area (TPSA) is 98.4 Å². The van der Waals surface area contributed by atoms with E-state index in [1.165, 1.54) is 0 Å². The zero-order valence-corrected chi connectivity index (χ0v) is 23.9. The van der Waals surface area contributed by atoms with E-state index in [1.54, 1.807) is 14.2 Å². The van der Waals surface area contributed by atoms with Crippen LogP contribution in [0.3, 0.4) is 0 Å². The maximum absolute atomic E-state index is 14.2. The van der Waals surface area contributed by atoms with Crippen LogP contribution >= 0.6 is 0 Å². The number of methoxy groups -OCH3 is 2. The first-order chi connectivity index (χ1) is 18.3. The van der Waals surface area contributed by atoms with Gasteiger partial charge in [-0.05, 0) is 90.0 Å². The normalized spacial score (nSPS) is 40.9. The summed E-state index contributed by atoms with van der Waals surface area (Å²) in [7, 11) is 3.46. The van der Waals surface area contributed by atoms with E-state index >= 15 is 0 Å². The molecule has 3 saturated heterocycles. The summed E-state index contributed by atoms with van der Waals surface area (Å²) in [6, 6.07) is 0.837. The van der Waals surface area contributed by atoms with Gasteiger partial charge in [0.15, 0.2) is 0 Å². The van der Waals surface area contributed by atoms with Crippen LogP contribution in [-0.2, 0) is 28.5 Å². The highest BCUT2D eigenvalue weighted by Crippen LogP contribution is 2.54. The van der Waals surface area contributed by atoms with Gasteiger partial charge in [0.05, 0.1) is 36.4 Å². The number of nitrogens with one attached hydrogen (secondary N) is 2. The number of nitrogens with zero attached hydrogens (tertiary/aromatic N) is 1. The van der Waals surface area contributed by atoms with E-state index in [9.17, 15) is 9.59 Å². The van der Waals surface area contributed by atoms with E-state index in [0.717, 1.165) is 51.5 Å². The number of piperidine rings is 2. The number of carbonyl (C=O) groups is 2. The number of fused-ring (bicyclic) bond motifs is 5. The summed E-state index contributed by atoms with van der Waals surface area (Å²) in [5.41, 5.74) is 0. The van der Waals surface area contributed by atoms with Crippen LogP contribution in [0.2, 0.25) is 0 Å². The van der Waals surface area contributed by atoms with Gasteiger partial charge >= 0.3 is 0 Å². The fraction of sp³-hybridized carbons (Fsp3) is 0.931. The second kappa shape index (κ2) is 12.1. The van der Waals surface area contributed by atoms with Crippen LogP contribution in [0.5, 0.6) is 0 Å². The molecule has 11 atom stereocenters. The van der Waals surface area contributed by atoms with Crippen LogP contribution in [0.4, 0.5) is 0 Å². The SMILES string of the molecule is COC1CCC2C3NCCC4C5CC(OC(C)C(=O)NCCCOC(C)C)CCC5N(C(=O)C2C1OC)C43. The fourth-order valence-corrected chi connectivity index (χ4v) is 8.56. The van der Waals surface area contributed by atoms with Crippen LogP contribution in [0.15, 0.2) is 0 Å². The summed E-state index contributed by atoms with van der Waals surface area (Å²) >= 11 is 0. The third kappa shape index (κ3) is 5.26. The van der Waals surface area contributed by atoms with Gasteiger partial charge in [-0.25, -0.2) is 0 Å². The van der Waals surface area contributed by atoms with Gasteiger partial charge in [0.25, 0.3) is 0 Å². The summed E-state index contributed by atoms with van der Waals surface area (Å²) in [6.07, 6.45) is 6.13. The van der Waals surface area contributed by atoms with Gasteiger partial charge in [-0.3, -0.25) is 9.59 Å². The lowest BCUT2D eigenvalue weighted by atomic mass is 9.64. The smallest absolute Gasteiger partial charge is 0.248 e. The molecule has 0 radical (unpaired) electrons. The quantitative estimate of drug-likeness (QED) is 0.414. The van der Waals surface area contributed by atoms with Crippen LogP contribution in [-0.4, -0.2) is 99.3 Å². The third-order valence-electron chi connectivity index (χ3n) is 10.1. The predicted molar refractivity (Wildman–Crippen MR) is 143 cm³/mol. The molecule has 2 aliphatic carbocycles. The molecule has 2 amide bonds. The molecule has 11 unspecified atom stereocenters. The summed E-state index contributed by atoms with van der Waals surface area (Å²) in [4.78, 5) is 29.1. The molecule has 2 saturated carbocycles. The van der Waals surface area contributed by atoms with Crippen molar-refractivity contribution in [3.8, 4) is 0 Å². The molecule has 0 bridgehead atoms. The Morgan fingerprint density at radius 2 is 1.87 bits per heavy atom. The molecule has 9 heteroatoms. The van der Waals surface area contributed by atoms with E-state index in [0.29, 0.717) is 36.9 Å². The zero-order valence-electron chi connectivity index (χ0n) is 23.9. The van der Waals surface area contributed by atoms with Crippen molar-refractivity contribution in [3.05, 3.63) is 0 Å². The van der Waals surface area contributed by atoms with Crippen LogP contribution < -0.4 is 10.6 Å².